The maximum atomic E-state index is 13.4. The number of halogens is 2. The smallest absolute Gasteiger partial charge is 0.258 e. The first kappa shape index (κ1) is 15.9. The number of ether oxygens (including phenoxy) is 1. The van der Waals surface area contributed by atoms with Crippen LogP contribution in [0.15, 0.2) is 36.9 Å². The van der Waals surface area contributed by atoms with Crippen LogP contribution < -0.4 is 10.1 Å². The number of hydrogen-bond acceptors (Lipinski definition) is 3. The van der Waals surface area contributed by atoms with Crippen LogP contribution in [0, 0.1) is 11.6 Å². The molecule has 5 nitrogen and oxygen atoms in total. The maximum Gasteiger partial charge on any atom is 0.258 e. The molecule has 0 aliphatic rings. The second-order valence-corrected chi connectivity index (χ2v) is 4.80. The van der Waals surface area contributed by atoms with Crippen molar-refractivity contribution in [2.24, 2.45) is 0 Å². The standard InChI is InChI=1S/C15H17F2N3O2/c1-2-12(8-20-6-5-18-10-20)19-15(21)9-22-14-4-3-11(16)7-13(14)17/h3-7,10,12H,2,8-9H2,1H3,(H,19,21). The summed E-state index contributed by atoms with van der Waals surface area (Å²) >= 11 is 0. The Morgan fingerprint density at radius 3 is 2.91 bits per heavy atom. The molecule has 0 radical (unpaired) electrons. The van der Waals surface area contributed by atoms with E-state index in [0.717, 1.165) is 18.6 Å². The van der Waals surface area contributed by atoms with E-state index in [1.54, 1.807) is 18.7 Å². The lowest BCUT2D eigenvalue weighted by atomic mass is 10.2. The summed E-state index contributed by atoms with van der Waals surface area (Å²) in [6.07, 6.45) is 5.86. The molecule has 1 unspecified atom stereocenters. The molecule has 2 rings (SSSR count). The third-order valence-electron chi connectivity index (χ3n) is 3.10. The van der Waals surface area contributed by atoms with Crippen molar-refractivity contribution in [3.63, 3.8) is 0 Å². The summed E-state index contributed by atoms with van der Waals surface area (Å²) in [6.45, 7) is 2.21. The Balaban J connectivity index is 1.83. The Morgan fingerprint density at radius 1 is 1.45 bits per heavy atom. The van der Waals surface area contributed by atoms with Crippen LogP contribution in [-0.2, 0) is 11.3 Å². The summed E-state index contributed by atoms with van der Waals surface area (Å²) in [4.78, 5) is 15.8. The van der Waals surface area contributed by atoms with Gasteiger partial charge in [-0.15, -0.1) is 0 Å². The molecule has 1 aromatic carbocycles. The SMILES string of the molecule is CCC(Cn1ccnc1)NC(=O)COc1ccc(F)cc1F. The van der Waals surface area contributed by atoms with Crippen molar-refractivity contribution >= 4 is 5.91 Å². The van der Waals surface area contributed by atoms with Crippen molar-refractivity contribution in [1.82, 2.24) is 14.9 Å². The maximum absolute atomic E-state index is 13.4. The Morgan fingerprint density at radius 2 is 2.27 bits per heavy atom. The van der Waals surface area contributed by atoms with Crippen LogP contribution in [0.1, 0.15) is 13.3 Å². The number of rotatable bonds is 7. The zero-order valence-corrected chi connectivity index (χ0v) is 12.1. The van der Waals surface area contributed by atoms with Gasteiger partial charge in [-0.2, -0.15) is 0 Å². The zero-order chi connectivity index (χ0) is 15.9. The third-order valence-corrected chi connectivity index (χ3v) is 3.10. The van der Waals surface area contributed by atoms with Gasteiger partial charge in [-0.3, -0.25) is 4.79 Å². The van der Waals surface area contributed by atoms with Crippen LogP contribution in [0.2, 0.25) is 0 Å². The average Bonchev–Trinajstić information content (AvgIpc) is 2.98. The summed E-state index contributed by atoms with van der Waals surface area (Å²) in [5, 5.41) is 2.80. The second-order valence-electron chi connectivity index (χ2n) is 4.80. The molecule has 22 heavy (non-hydrogen) atoms. The van der Waals surface area contributed by atoms with Gasteiger partial charge in [0.1, 0.15) is 5.82 Å². The Hall–Kier alpha value is -2.44. The normalized spacial score (nSPS) is 12.0. The van der Waals surface area contributed by atoms with Gasteiger partial charge in [0.25, 0.3) is 5.91 Å². The van der Waals surface area contributed by atoms with E-state index in [-0.39, 0.29) is 24.3 Å². The molecule has 7 heteroatoms. The fourth-order valence-corrected chi connectivity index (χ4v) is 1.93. The van der Waals surface area contributed by atoms with E-state index < -0.39 is 11.6 Å². The number of nitrogens with zero attached hydrogens (tertiary/aromatic N) is 2. The summed E-state index contributed by atoms with van der Waals surface area (Å²) in [7, 11) is 0. The minimum atomic E-state index is -0.835. The molecule has 0 aliphatic heterocycles. The van der Waals surface area contributed by atoms with Gasteiger partial charge in [0.05, 0.1) is 6.33 Å². The number of carbonyl (C=O) groups is 1. The van der Waals surface area contributed by atoms with E-state index in [1.165, 1.54) is 0 Å². The quantitative estimate of drug-likeness (QED) is 0.852. The van der Waals surface area contributed by atoms with Gasteiger partial charge in [0, 0.05) is 31.0 Å². The summed E-state index contributed by atoms with van der Waals surface area (Å²) in [6, 6.07) is 2.86. The van der Waals surface area contributed by atoms with E-state index in [4.69, 9.17) is 4.74 Å². The van der Waals surface area contributed by atoms with Crippen LogP contribution >= 0.6 is 0 Å². The molecule has 1 amide bonds. The molecule has 2 aromatic rings. The minimum absolute atomic E-state index is 0.0802. The van der Waals surface area contributed by atoms with Gasteiger partial charge >= 0.3 is 0 Å². The van der Waals surface area contributed by atoms with Gasteiger partial charge in [-0.05, 0) is 18.6 Å². The summed E-state index contributed by atoms with van der Waals surface area (Å²) < 4.78 is 33.1. The lowest BCUT2D eigenvalue weighted by Crippen LogP contribution is -2.40. The fourth-order valence-electron chi connectivity index (χ4n) is 1.93. The molecule has 0 saturated heterocycles. The zero-order valence-electron chi connectivity index (χ0n) is 12.1. The first-order valence-electron chi connectivity index (χ1n) is 6.91. The predicted molar refractivity (Wildman–Crippen MR) is 76.3 cm³/mol. The van der Waals surface area contributed by atoms with Gasteiger partial charge in [0.15, 0.2) is 18.2 Å². The van der Waals surface area contributed by atoms with Crippen LogP contribution in [0.5, 0.6) is 5.75 Å². The van der Waals surface area contributed by atoms with Crippen LogP contribution in [0.3, 0.4) is 0 Å². The van der Waals surface area contributed by atoms with Crippen LogP contribution in [0.4, 0.5) is 8.78 Å². The molecule has 0 spiro atoms. The Labute approximate surface area is 126 Å². The Kier molecular flexibility index (Phi) is 5.46. The highest BCUT2D eigenvalue weighted by Gasteiger charge is 2.13. The number of amides is 1. The molecule has 0 fully saturated rings. The van der Waals surface area contributed by atoms with E-state index in [9.17, 15) is 13.6 Å². The van der Waals surface area contributed by atoms with E-state index in [1.807, 2.05) is 11.5 Å². The largest absolute Gasteiger partial charge is 0.481 e. The first-order valence-corrected chi connectivity index (χ1v) is 6.91. The highest BCUT2D eigenvalue weighted by atomic mass is 19.1. The molecule has 0 saturated carbocycles. The minimum Gasteiger partial charge on any atom is -0.481 e. The lowest BCUT2D eigenvalue weighted by molar-refractivity contribution is -0.123. The number of imidazole rings is 1. The number of carbonyl (C=O) groups excluding carboxylic acids is 1. The van der Waals surface area contributed by atoms with Crippen molar-refractivity contribution in [2.45, 2.75) is 25.9 Å². The molecule has 118 valence electrons. The van der Waals surface area contributed by atoms with Crippen molar-refractivity contribution in [1.29, 1.82) is 0 Å². The Bertz CT molecular complexity index is 617. The highest BCUT2D eigenvalue weighted by Crippen LogP contribution is 2.17. The van der Waals surface area contributed by atoms with Gasteiger partial charge in [-0.1, -0.05) is 6.92 Å². The van der Waals surface area contributed by atoms with E-state index in [2.05, 4.69) is 10.3 Å². The molecule has 1 atom stereocenters. The van der Waals surface area contributed by atoms with Gasteiger partial charge in [-0.25, -0.2) is 13.8 Å². The number of aromatic nitrogens is 2. The first-order chi connectivity index (χ1) is 10.6. The number of nitrogens with one attached hydrogen (secondary N) is 1. The topological polar surface area (TPSA) is 56.2 Å². The van der Waals surface area contributed by atoms with Crippen LogP contribution in [-0.4, -0.2) is 28.1 Å². The predicted octanol–water partition coefficient (Wildman–Crippen LogP) is 2.14. The molecular formula is C15H17F2N3O2. The van der Waals surface area contributed by atoms with Crippen molar-refractivity contribution in [3.8, 4) is 5.75 Å². The molecular weight excluding hydrogens is 292 g/mol. The molecule has 0 bridgehead atoms. The summed E-state index contributed by atoms with van der Waals surface area (Å²) in [5.74, 6) is -2.05. The van der Waals surface area contributed by atoms with Crippen molar-refractivity contribution in [2.75, 3.05) is 6.61 Å². The average molecular weight is 309 g/mol. The fraction of sp³-hybridized carbons (Fsp3) is 0.333. The molecule has 1 heterocycles. The molecule has 0 aliphatic carbocycles. The van der Waals surface area contributed by atoms with Gasteiger partial charge in [0.2, 0.25) is 0 Å². The third kappa shape index (κ3) is 4.54. The molecule has 1 aromatic heterocycles. The van der Waals surface area contributed by atoms with Crippen molar-refractivity contribution < 1.29 is 18.3 Å². The highest BCUT2D eigenvalue weighted by molar-refractivity contribution is 5.77. The van der Waals surface area contributed by atoms with Gasteiger partial charge < -0.3 is 14.6 Å². The lowest BCUT2D eigenvalue weighted by Gasteiger charge is -2.17. The second kappa shape index (κ2) is 7.53. The van der Waals surface area contributed by atoms with Crippen molar-refractivity contribution in [3.05, 3.63) is 48.6 Å². The number of hydrogen-bond donors (Lipinski definition) is 1. The van der Waals surface area contributed by atoms with E-state index >= 15 is 0 Å². The summed E-state index contributed by atoms with van der Waals surface area (Å²) in [5.41, 5.74) is 0. The monoisotopic (exact) mass is 309 g/mol. The van der Waals surface area contributed by atoms with E-state index in [0.29, 0.717) is 12.6 Å². The number of benzene rings is 1. The molecule has 1 N–H and O–H groups in total. The van der Waals surface area contributed by atoms with Crippen LogP contribution in [0.25, 0.3) is 0 Å².